The number of anilines is 1. The fraction of sp³-hybridized carbons (Fsp3) is 0.381. The van der Waals surface area contributed by atoms with Crippen LogP contribution in [0.4, 0.5) is 10.2 Å². The third-order valence-corrected chi connectivity index (χ3v) is 4.76. The summed E-state index contributed by atoms with van der Waals surface area (Å²) < 4.78 is 13.9. The topological polar surface area (TPSA) is 81.6 Å². The lowest BCUT2D eigenvalue weighted by atomic mass is 10.2. The Morgan fingerprint density at radius 2 is 1.97 bits per heavy atom. The highest BCUT2D eigenvalue weighted by Crippen LogP contribution is 2.20. The number of aliphatic imine (C=N–C) groups is 1. The molecule has 0 spiro atoms. The SMILES string of the molecule is CN=C(NCCCNC(=O)c1ccccc1)NC1CCN(c2ncccc2F)C1.I. The maximum atomic E-state index is 13.9. The Hall–Kier alpha value is -2.43. The summed E-state index contributed by atoms with van der Waals surface area (Å²) in [6.07, 6.45) is 3.26. The number of amides is 1. The second kappa shape index (κ2) is 12.3. The van der Waals surface area contributed by atoms with Gasteiger partial charge in [0, 0.05) is 51.0 Å². The molecule has 1 aliphatic rings. The van der Waals surface area contributed by atoms with Crippen molar-refractivity contribution in [1.82, 2.24) is 20.9 Å². The second-order valence-corrected chi connectivity index (χ2v) is 6.86. The molecule has 2 heterocycles. The predicted octanol–water partition coefficient (Wildman–Crippen LogP) is 2.40. The average Bonchev–Trinajstić information content (AvgIpc) is 3.21. The van der Waals surface area contributed by atoms with Crippen LogP contribution in [0.2, 0.25) is 0 Å². The molecule has 1 aliphatic heterocycles. The van der Waals surface area contributed by atoms with Gasteiger partial charge in [-0.15, -0.1) is 24.0 Å². The zero-order chi connectivity index (χ0) is 20.5. The van der Waals surface area contributed by atoms with Crippen molar-refractivity contribution in [3.8, 4) is 0 Å². The van der Waals surface area contributed by atoms with Gasteiger partial charge < -0.3 is 20.9 Å². The van der Waals surface area contributed by atoms with E-state index in [2.05, 4.69) is 25.9 Å². The lowest BCUT2D eigenvalue weighted by Gasteiger charge is -2.20. The first kappa shape index (κ1) is 23.8. The average molecular weight is 526 g/mol. The summed E-state index contributed by atoms with van der Waals surface area (Å²) in [6, 6.07) is 12.4. The van der Waals surface area contributed by atoms with Crippen molar-refractivity contribution in [2.75, 3.05) is 38.1 Å². The molecule has 162 valence electrons. The van der Waals surface area contributed by atoms with Crippen molar-refractivity contribution in [2.24, 2.45) is 4.99 Å². The zero-order valence-electron chi connectivity index (χ0n) is 17.0. The van der Waals surface area contributed by atoms with E-state index in [0.717, 1.165) is 19.4 Å². The molecule has 1 aromatic heterocycles. The highest BCUT2D eigenvalue weighted by atomic mass is 127. The molecule has 1 fully saturated rings. The number of nitrogens with one attached hydrogen (secondary N) is 3. The molecule has 1 atom stereocenters. The van der Waals surface area contributed by atoms with Crippen LogP contribution in [0.3, 0.4) is 0 Å². The number of halogens is 2. The third kappa shape index (κ3) is 6.82. The van der Waals surface area contributed by atoms with E-state index in [1.807, 2.05) is 23.1 Å². The molecule has 3 rings (SSSR count). The number of guanidine groups is 1. The van der Waals surface area contributed by atoms with Gasteiger partial charge in [0.1, 0.15) is 0 Å². The number of carbonyl (C=O) groups excluding carboxylic acids is 1. The van der Waals surface area contributed by atoms with Crippen LogP contribution in [-0.4, -0.2) is 56.1 Å². The Kier molecular flexibility index (Phi) is 9.78. The molecule has 30 heavy (non-hydrogen) atoms. The molecule has 7 nitrogen and oxygen atoms in total. The van der Waals surface area contributed by atoms with Crippen LogP contribution in [-0.2, 0) is 0 Å². The monoisotopic (exact) mass is 526 g/mol. The molecule has 0 bridgehead atoms. The Balaban J connectivity index is 0.00000320. The lowest BCUT2D eigenvalue weighted by Crippen LogP contribution is -2.45. The van der Waals surface area contributed by atoms with Crippen molar-refractivity contribution >= 4 is 41.7 Å². The molecular formula is C21H28FIN6O. The predicted molar refractivity (Wildman–Crippen MR) is 128 cm³/mol. The molecule has 1 unspecified atom stereocenters. The van der Waals surface area contributed by atoms with Crippen molar-refractivity contribution in [3.05, 3.63) is 60.0 Å². The summed E-state index contributed by atoms with van der Waals surface area (Å²) >= 11 is 0. The maximum Gasteiger partial charge on any atom is 0.251 e. The van der Waals surface area contributed by atoms with Crippen LogP contribution in [0, 0.1) is 5.82 Å². The van der Waals surface area contributed by atoms with Crippen molar-refractivity contribution in [3.63, 3.8) is 0 Å². The van der Waals surface area contributed by atoms with Crippen LogP contribution in [0.25, 0.3) is 0 Å². The number of aromatic nitrogens is 1. The minimum atomic E-state index is -0.298. The van der Waals surface area contributed by atoms with E-state index in [4.69, 9.17) is 0 Å². The van der Waals surface area contributed by atoms with Gasteiger partial charge in [-0.1, -0.05) is 18.2 Å². The number of carbonyl (C=O) groups is 1. The second-order valence-electron chi connectivity index (χ2n) is 6.86. The third-order valence-electron chi connectivity index (χ3n) is 4.76. The van der Waals surface area contributed by atoms with E-state index < -0.39 is 0 Å². The zero-order valence-corrected chi connectivity index (χ0v) is 19.3. The summed E-state index contributed by atoms with van der Waals surface area (Å²) in [4.78, 5) is 22.3. The van der Waals surface area contributed by atoms with Gasteiger partial charge in [-0.05, 0) is 37.1 Å². The molecule has 3 N–H and O–H groups in total. The van der Waals surface area contributed by atoms with Crippen LogP contribution < -0.4 is 20.9 Å². The first-order valence-corrected chi connectivity index (χ1v) is 9.83. The van der Waals surface area contributed by atoms with Gasteiger partial charge in [0.05, 0.1) is 0 Å². The number of benzene rings is 1. The first-order valence-electron chi connectivity index (χ1n) is 9.83. The van der Waals surface area contributed by atoms with Crippen molar-refractivity contribution < 1.29 is 9.18 Å². The Labute approximate surface area is 193 Å². The van der Waals surface area contributed by atoms with E-state index in [-0.39, 0.29) is 41.7 Å². The minimum Gasteiger partial charge on any atom is -0.356 e. The van der Waals surface area contributed by atoms with Gasteiger partial charge in [-0.2, -0.15) is 0 Å². The lowest BCUT2D eigenvalue weighted by molar-refractivity contribution is 0.0953. The summed E-state index contributed by atoms with van der Waals surface area (Å²) in [6.45, 7) is 2.67. The summed E-state index contributed by atoms with van der Waals surface area (Å²) in [7, 11) is 1.72. The molecule has 2 aromatic rings. The number of nitrogens with zero attached hydrogens (tertiary/aromatic N) is 3. The molecule has 0 saturated carbocycles. The largest absolute Gasteiger partial charge is 0.356 e. The van der Waals surface area contributed by atoms with E-state index in [1.54, 1.807) is 31.4 Å². The maximum absolute atomic E-state index is 13.9. The molecule has 1 saturated heterocycles. The van der Waals surface area contributed by atoms with E-state index in [0.29, 0.717) is 37.0 Å². The standard InChI is InChI=1S/C21H27FN6O.HI/c1-23-21(26-13-6-12-25-20(29)16-7-3-2-4-8-16)27-17-10-14-28(15-17)19-18(22)9-5-11-24-19;/h2-5,7-9,11,17H,6,10,12-15H2,1H3,(H,25,29)(H2,23,26,27);1H. The van der Waals surface area contributed by atoms with E-state index in [9.17, 15) is 9.18 Å². The normalized spacial score (nSPS) is 16.0. The number of rotatable bonds is 7. The highest BCUT2D eigenvalue weighted by molar-refractivity contribution is 14.0. The van der Waals surface area contributed by atoms with Crippen LogP contribution in [0.5, 0.6) is 0 Å². The first-order chi connectivity index (χ1) is 14.2. The van der Waals surface area contributed by atoms with Gasteiger partial charge >= 0.3 is 0 Å². The van der Waals surface area contributed by atoms with E-state index >= 15 is 0 Å². The van der Waals surface area contributed by atoms with Gasteiger partial charge in [0.15, 0.2) is 17.6 Å². The number of hydrogen-bond donors (Lipinski definition) is 3. The minimum absolute atomic E-state index is 0. The van der Waals surface area contributed by atoms with Crippen LogP contribution >= 0.6 is 24.0 Å². The summed E-state index contributed by atoms with van der Waals surface area (Å²) in [5.74, 6) is 0.732. The van der Waals surface area contributed by atoms with Gasteiger partial charge in [-0.25, -0.2) is 9.37 Å². The van der Waals surface area contributed by atoms with Gasteiger partial charge in [0.2, 0.25) is 0 Å². The van der Waals surface area contributed by atoms with Crippen molar-refractivity contribution in [2.45, 2.75) is 18.9 Å². The number of pyridine rings is 1. The molecule has 9 heteroatoms. The highest BCUT2D eigenvalue weighted by Gasteiger charge is 2.25. The summed E-state index contributed by atoms with van der Waals surface area (Å²) in [5.41, 5.74) is 0.660. The molecule has 0 aliphatic carbocycles. The van der Waals surface area contributed by atoms with Gasteiger partial charge in [0.25, 0.3) is 5.91 Å². The van der Waals surface area contributed by atoms with Crippen LogP contribution in [0.1, 0.15) is 23.2 Å². The van der Waals surface area contributed by atoms with E-state index in [1.165, 1.54) is 6.07 Å². The fourth-order valence-corrected chi connectivity index (χ4v) is 3.26. The Bertz CT molecular complexity index is 835. The fourth-order valence-electron chi connectivity index (χ4n) is 3.26. The van der Waals surface area contributed by atoms with Gasteiger partial charge in [-0.3, -0.25) is 9.79 Å². The molecule has 0 radical (unpaired) electrons. The number of hydrogen-bond acceptors (Lipinski definition) is 4. The summed E-state index contributed by atoms with van der Waals surface area (Å²) in [5, 5.41) is 9.53. The molecule has 1 aromatic carbocycles. The van der Waals surface area contributed by atoms with Crippen LogP contribution in [0.15, 0.2) is 53.7 Å². The Morgan fingerprint density at radius 1 is 1.20 bits per heavy atom. The Morgan fingerprint density at radius 3 is 2.70 bits per heavy atom. The quantitative estimate of drug-likeness (QED) is 0.224. The smallest absolute Gasteiger partial charge is 0.251 e. The molecule has 1 amide bonds. The van der Waals surface area contributed by atoms with Crippen molar-refractivity contribution in [1.29, 1.82) is 0 Å². The molecular weight excluding hydrogens is 498 g/mol.